The summed E-state index contributed by atoms with van der Waals surface area (Å²) in [5.74, 6) is -0.944. The van der Waals surface area contributed by atoms with E-state index in [4.69, 9.17) is 0 Å². The van der Waals surface area contributed by atoms with Crippen molar-refractivity contribution in [1.82, 2.24) is 9.80 Å². The van der Waals surface area contributed by atoms with Crippen LogP contribution in [0.25, 0.3) is 0 Å². The highest BCUT2D eigenvalue weighted by Gasteiger charge is 2.24. The second-order valence-electron chi connectivity index (χ2n) is 6.60. The number of rotatable bonds is 7. The monoisotopic (exact) mass is 338 g/mol. The lowest BCUT2D eigenvalue weighted by Gasteiger charge is -2.34. The largest absolute Gasteiger partial charge is 0.341 e. The molecule has 0 bridgehead atoms. The van der Waals surface area contributed by atoms with Crippen molar-refractivity contribution in [3.63, 3.8) is 0 Å². The Morgan fingerprint density at radius 3 is 2.67 bits per heavy atom. The molecule has 0 radical (unpaired) electrons. The first-order valence-electron chi connectivity index (χ1n) is 8.97. The predicted molar refractivity (Wildman–Crippen MR) is 91.8 cm³/mol. The highest BCUT2D eigenvalue weighted by molar-refractivity contribution is 5.78. The van der Waals surface area contributed by atoms with Gasteiger partial charge in [-0.3, -0.25) is 9.69 Å². The van der Waals surface area contributed by atoms with Crippen LogP contribution in [0.15, 0.2) is 18.2 Å². The summed E-state index contributed by atoms with van der Waals surface area (Å²) >= 11 is 0. The molecule has 24 heavy (non-hydrogen) atoms. The van der Waals surface area contributed by atoms with Gasteiger partial charge in [0.05, 0.1) is 6.54 Å². The fraction of sp³-hybridized carbons (Fsp3) is 0.632. The van der Waals surface area contributed by atoms with E-state index < -0.39 is 11.6 Å². The molecule has 0 aromatic heterocycles. The summed E-state index contributed by atoms with van der Waals surface area (Å²) in [5, 5.41) is 0. The van der Waals surface area contributed by atoms with Crippen LogP contribution in [0.2, 0.25) is 0 Å². The average molecular weight is 338 g/mol. The third kappa shape index (κ3) is 5.26. The molecule has 0 spiro atoms. The molecule has 1 aliphatic heterocycles. The smallest absolute Gasteiger partial charge is 0.236 e. The van der Waals surface area contributed by atoms with Crippen LogP contribution in [0.3, 0.4) is 0 Å². The molecule has 1 amide bonds. The van der Waals surface area contributed by atoms with Crippen LogP contribution in [0.5, 0.6) is 0 Å². The molecule has 1 aromatic rings. The van der Waals surface area contributed by atoms with Crippen molar-refractivity contribution >= 4 is 5.91 Å². The Hall–Kier alpha value is -1.49. The highest BCUT2D eigenvalue weighted by Crippen LogP contribution is 2.22. The van der Waals surface area contributed by atoms with Gasteiger partial charge in [0.1, 0.15) is 0 Å². The zero-order valence-corrected chi connectivity index (χ0v) is 14.7. The van der Waals surface area contributed by atoms with Gasteiger partial charge in [0.2, 0.25) is 5.91 Å². The third-order valence-corrected chi connectivity index (χ3v) is 4.95. The lowest BCUT2D eigenvalue weighted by atomic mass is 9.91. The number of likely N-dealkylation sites (tertiary alicyclic amines) is 1. The van der Waals surface area contributed by atoms with Gasteiger partial charge < -0.3 is 4.90 Å². The number of carbonyl (C=O) groups excluding carboxylic acids is 1. The lowest BCUT2D eigenvalue weighted by molar-refractivity contribution is -0.134. The minimum absolute atomic E-state index is 0.205. The Labute approximate surface area is 143 Å². The first-order valence-corrected chi connectivity index (χ1v) is 8.97. The summed E-state index contributed by atoms with van der Waals surface area (Å²) in [4.78, 5) is 16.5. The molecular weight excluding hydrogens is 310 g/mol. The molecule has 1 fully saturated rings. The summed E-state index contributed by atoms with van der Waals surface area (Å²) in [7, 11) is 0. The highest BCUT2D eigenvalue weighted by atomic mass is 19.2. The standard InChI is InChI=1S/C19H28F2N2O/c1-3-22(4-2)14-19(24)23-11-5-6-16(13-23)8-7-15-9-10-17(20)18(21)12-15/h9-10,12,16H,3-8,11,13-14H2,1-2H3. The Bertz CT molecular complexity index is 546. The number of likely N-dealkylation sites (N-methyl/N-ethyl adjacent to an activating group) is 1. The molecule has 0 aliphatic carbocycles. The van der Waals surface area contributed by atoms with Crippen molar-refractivity contribution in [2.45, 2.75) is 39.5 Å². The Morgan fingerprint density at radius 2 is 2.00 bits per heavy atom. The molecule has 1 unspecified atom stereocenters. The molecule has 0 saturated carbocycles. The van der Waals surface area contributed by atoms with Crippen molar-refractivity contribution < 1.29 is 13.6 Å². The average Bonchev–Trinajstić information content (AvgIpc) is 2.60. The number of hydrogen-bond acceptors (Lipinski definition) is 2. The zero-order valence-electron chi connectivity index (χ0n) is 14.7. The number of carbonyl (C=O) groups is 1. The summed E-state index contributed by atoms with van der Waals surface area (Å²) < 4.78 is 26.2. The van der Waals surface area contributed by atoms with Gasteiger partial charge in [0.25, 0.3) is 0 Å². The van der Waals surface area contributed by atoms with Crippen molar-refractivity contribution in [1.29, 1.82) is 0 Å². The lowest BCUT2D eigenvalue weighted by Crippen LogP contribution is -2.45. The van der Waals surface area contributed by atoms with E-state index in [1.54, 1.807) is 6.07 Å². The van der Waals surface area contributed by atoms with E-state index in [0.717, 1.165) is 57.4 Å². The molecule has 0 N–H and O–H groups in total. The van der Waals surface area contributed by atoms with Gasteiger partial charge in [-0.25, -0.2) is 8.78 Å². The normalized spacial score (nSPS) is 18.2. The number of nitrogens with zero attached hydrogens (tertiary/aromatic N) is 2. The minimum Gasteiger partial charge on any atom is -0.341 e. The number of piperidine rings is 1. The second kappa shape index (κ2) is 9.11. The minimum atomic E-state index is -0.801. The molecular formula is C19H28F2N2O. The van der Waals surface area contributed by atoms with E-state index in [1.807, 2.05) is 4.90 Å². The fourth-order valence-corrected chi connectivity index (χ4v) is 3.33. The SMILES string of the molecule is CCN(CC)CC(=O)N1CCCC(CCc2ccc(F)c(F)c2)C1. The van der Waals surface area contributed by atoms with Gasteiger partial charge >= 0.3 is 0 Å². The molecule has 1 saturated heterocycles. The van der Waals surface area contributed by atoms with E-state index in [2.05, 4.69) is 18.7 Å². The number of benzene rings is 1. The summed E-state index contributed by atoms with van der Waals surface area (Å²) in [6.07, 6.45) is 3.74. The van der Waals surface area contributed by atoms with E-state index in [0.29, 0.717) is 12.5 Å². The Kier molecular flexibility index (Phi) is 7.16. The molecule has 2 rings (SSSR count). The van der Waals surface area contributed by atoms with Crippen LogP contribution in [0.4, 0.5) is 8.78 Å². The van der Waals surface area contributed by atoms with E-state index in [9.17, 15) is 13.6 Å². The maximum absolute atomic E-state index is 13.3. The van der Waals surface area contributed by atoms with Crippen molar-refractivity contribution in [3.05, 3.63) is 35.4 Å². The number of amides is 1. The van der Waals surface area contributed by atoms with Gasteiger partial charge in [-0.1, -0.05) is 19.9 Å². The fourth-order valence-electron chi connectivity index (χ4n) is 3.33. The van der Waals surface area contributed by atoms with Gasteiger partial charge in [-0.15, -0.1) is 0 Å². The quantitative estimate of drug-likeness (QED) is 0.760. The van der Waals surface area contributed by atoms with E-state index in [-0.39, 0.29) is 5.91 Å². The van der Waals surface area contributed by atoms with Crippen LogP contribution in [0, 0.1) is 17.6 Å². The molecule has 1 aliphatic rings. The summed E-state index contributed by atoms with van der Waals surface area (Å²) in [6.45, 7) is 8.01. The van der Waals surface area contributed by atoms with Gasteiger partial charge in [-0.05, 0) is 62.4 Å². The maximum Gasteiger partial charge on any atom is 0.236 e. The van der Waals surface area contributed by atoms with Crippen molar-refractivity contribution in [2.75, 3.05) is 32.7 Å². The third-order valence-electron chi connectivity index (χ3n) is 4.95. The maximum atomic E-state index is 13.3. The summed E-state index contributed by atoms with van der Waals surface area (Å²) in [5.41, 5.74) is 0.820. The van der Waals surface area contributed by atoms with Crippen molar-refractivity contribution in [3.8, 4) is 0 Å². The van der Waals surface area contributed by atoms with Gasteiger partial charge in [0.15, 0.2) is 11.6 Å². The van der Waals surface area contributed by atoms with Crippen LogP contribution >= 0.6 is 0 Å². The first-order chi connectivity index (χ1) is 11.5. The predicted octanol–water partition coefficient (Wildman–Crippen LogP) is 3.48. The van der Waals surface area contributed by atoms with Crippen LogP contribution in [-0.4, -0.2) is 48.4 Å². The Morgan fingerprint density at radius 1 is 1.25 bits per heavy atom. The van der Waals surface area contributed by atoms with Crippen LogP contribution in [-0.2, 0) is 11.2 Å². The number of hydrogen-bond donors (Lipinski definition) is 0. The van der Waals surface area contributed by atoms with E-state index >= 15 is 0 Å². The molecule has 134 valence electrons. The Balaban J connectivity index is 1.84. The molecule has 1 aromatic carbocycles. The summed E-state index contributed by atoms with van der Waals surface area (Å²) in [6, 6.07) is 4.11. The van der Waals surface area contributed by atoms with Crippen LogP contribution in [0.1, 0.15) is 38.7 Å². The molecule has 1 atom stereocenters. The topological polar surface area (TPSA) is 23.6 Å². The van der Waals surface area contributed by atoms with Gasteiger partial charge in [0, 0.05) is 13.1 Å². The van der Waals surface area contributed by atoms with E-state index in [1.165, 1.54) is 12.1 Å². The number of aryl methyl sites for hydroxylation is 1. The molecule has 3 nitrogen and oxygen atoms in total. The second-order valence-corrected chi connectivity index (χ2v) is 6.60. The first kappa shape index (κ1) is 18.8. The van der Waals surface area contributed by atoms with Crippen LogP contribution < -0.4 is 0 Å². The zero-order chi connectivity index (χ0) is 17.5. The number of halogens is 2. The van der Waals surface area contributed by atoms with Crippen molar-refractivity contribution in [2.24, 2.45) is 5.92 Å². The molecule has 5 heteroatoms. The van der Waals surface area contributed by atoms with Gasteiger partial charge in [-0.2, -0.15) is 0 Å². The molecule has 1 heterocycles.